The van der Waals surface area contributed by atoms with Crippen LogP contribution in [0, 0.1) is 15.9 Å². The summed E-state index contributed by atoms with van der Waals surface area (Å²) in [4.78, 5) is 35.2. The van der Waals surface area contributed by atoms with Crippen LogP contribution in [0.2, 0.25) is 5.02 Å². The highest BCUT2D eigenvalue weighted by Crippen LogP contribution is 2.38. The lowest BCUT2D eigenvalue weighted by molar-refractivity contribution is -0.384. The Balaban J connectivity index is 0.917. The largest absolute Gasteiger partial charge is 0.453 e. The third-order valence-electron chi connectivity index (χ3n) is 13.4. The number of piperazine rings is 1. The van der Waals surface area contributed by atoms with Crippen LogP contribution in [0.5, 0.6) is 11.5 Å². The van der Waals surface area contributed by atoms with Crippen molar-refractivity contribution in [2.75, 3.05) is 75.9 Å². The summed E-state index contributed by atoms with van der Waals surface area (Å²) in [5.41, 5.74) is 4.14. The second-order valence-electron chi connectivity index (χ2n) is 18.4. The Labute approximate surface area is 394 Å². The highest BCUT2D eigenvalue weighted by molar-refractivity contribution is 7.90. The zero-order valence-electron chi connectivity index (χ0n) is 37.6. The molecule has 1 aromatic heterocycles. The van der Waals surface area contributed by atoms with Gasteiger partial charge >= 0.3 is 0 Å². The Morgan fingerprint density at radius 1 is 0.940 bits per heavy atom. The number of ether oxygens (including phenoxy) is 3. The number of halogens is 2. The van der Waals surface area contributed by atoms with Crippen LogP contribution >= 0.6 is 11.6 Å². The van der Waals surface area contributed by atoms with Crippen molar-refractivity contribution in [1.82, 2.24) is 19.5 Å². The van der Waals surface area contributed by atoms with Gasteiger partial charge in [-0.05, 0) is 105 Å². The van der Waals surface area contributed by atoms with E-state index < -0.39 is 37.3 Å². The van der Waals surface area contributed by atoms with Crippen LogP contribution in [0.25, 0.3) is 16.5 Å². The molecular formula is C49H55ClFN7O8S. The van der Waals surface area contributed by atoms with Gasteiger partial charge in [-0.3, -0.25) is 24.7 Å². The number of fused-ring (bicyclic) bond motifs is 1. The fraction of sp³-hybridized carbons (Fsp3) is 0.408. The highest BCUT2D eigenvalue weighted by atomic mass is 35.5. The van der Waals surface area contributed by atoms with Gasteiger partial charge in [-0.15, -0.1) is 0 Å². The molecule has 0 atom stereocenters. The number of morpholine rings is 1. The van der Waals surface area contributed by atoms with Crippen molar-refractivity contribution in [3.05, 3.63) is 123 Å². The van der Waals surface area contributed by atoms with Crippen molar-refractivity contribution in [3.63, 3.8) is 0 Å². The smallest absolute Gasteiger partial charge is 0.293 e. The molecule has 0 bridgehead atoms. The van der Waals surface area contributed by atoms with Crippen molar-refractivity contribution < 1.29 is 36.7 Å². The number of nitro groups is 1. The molecule has 0 radical (unpaired) electrons. The minimum Gasteiger partial charge on any atom is -0.453 e. The lowest BCUT2D eigenvalue weighted by atomic mass is 9.87. The van der Waals surface area contributed by atoms with Crippen molar-refractivity contribution in [2.24, 2.45) is 0 Å². The molecular weight excluding hydrogens is 901 g/mol. The molecule has 18 heteroatoms. The number of aromatic nitrogens is 1. The predicted molar refractivity (Wildman–Crippen MR) is 256 cm³/mol. The van der Waals surface area contributed by atoms with Crippen molar-refractivity contribution in [2.45, 2.75) is 68.5 Å². The van der Waals surface area contributed by atoms with Gasteiger partial charge in [0.1, 0.15) is 11.4 Å². The predicted octanol–water partition coefficient (Wildman–Crippen LogP) is 8.61. The SMILES string of the molecule is CC1(C)CC(c2ccc(Cl)cc2)=C(CN2CCN(c3ccc(C(=O)NS(=O)(=O)c4ccc(NC5CCC(N6CCOCC6)CC5)c([N+](=O)[O-])c4)c(Oc4cc5cc[nH]c5cc4F)c3)CC2)CO1. The van der Waals surface area contributed by atoms with Crippen molar-refractivity contribution in [3.8, 4) is 11.5 Å². The molecule has 3 N–H and O–H groups in total. The molecule has 1 aliphatic carbocycles. The Morgan fingerprint density at radius 3 is 2.42 bits per heavy atom. The Hall–Kier alpha value is -5.56. The Bertz CT molecular complexity index is 2780. The summed E-state index contributed by atoms with van der Waals surface area (Å²) in [6.07, 6.45) is 5.91. The summed E-state index contributed by atoms with van der Waals surface area (Å²) in [5, 5.41) is 16.9. The van der Waals surface area contributed by atoms with Crippen LogP contribution < -0.4 is 19.7 Å². The molecule has 2 saturated heterocycles. The number of nitrogens with one attached hydrogen (secondary N) is 3. The maximum absolute atomic E-state index is 15.5. The van der Waals surface area contributed by atoms with Crippen LogP contribution in [-0.2, 0) is 19.5 Å². The number of anilines is 2. The quantitative estimate of drug-likeness (QED) is 0.0760. The molecule has 15 nitrogen and oxygen atoms in total. The standard InChI is InChI=1S/C49H55ClFN7O8S/c1-49(2)29-41(32-3-5-35(50)6-4-32)34(31-65-49)30-55-17-19-56(20-18-55)38-11-13-40(46(26-38)66-47-25-33-15-16-52-44(33)28-42(47)51)48(59)54-67(62,63)39-12-14-43(45(27-39)58(60)61)53-36-7-9-37(10-8-36)57-21-23-64-24-22-57/h3-6,11-16,25-28,36-37,52-53H,7-10,17-24,29-31H2,1-2H3,(H,54,59). The number of sulfonamides is 1. The average molecular weight is 957 g/mol. The Morgan fingerprint density at radius 2 is 1.69 bits per heavy atom. The van der Waals surface area contributed by atoms with Crippen molar-refractivity contribution >= 4 is 61.1 Å². The van der Waals surface area contributed by atoms with Gasteiger partial charge in [-0.1, -0.05) is 23.7 Å². The van der Waals surface area contributed by atoms with Gasteiger partial charge in [-0.25, -0.2) is 17.5 Å². The number of hydrogen-bond donors (Lipinski definition) is 3. The van der Waals surface area contributed by atoms with E-state index in [1.54, 1.807) is 24.4 Å². The highest BCUT2D eigenvalue weighted by Gasteiger charge is 2.32. The molecule has 4 aliphatic rings. The monoisotopic (exact) mass is 955 g/mol. The lowest BCUT2D eigenvalue weighted by Gasteiger charge is -2.39. The topological polar surface area (TPSA) is 172 Å². The van der Waals surface area contributed by atoms with Gasteiger partial charge in [0, 0.05) is 110 Å². The molecule has 4 heterocycles. The minimum absolute atomic E-state index is 0.0256. The zero-order chi connectivity index (χ0) is 46.9. The number of hydrogen-bond acceptors (Lipinski definition) is 12. The molecule has 0 unspecified atom stereocenters. The molecule has 1 saturated carbocycles. The molecule has 1 amide bonds. The van der Waals surface area contributed by atoms with Crippen molar-refractivity contribution in [1.29, 1.82) is 0 Å². The van der Waals surface area contributed by atoms with Crippen LogP contribution in [-0.4, -0.2) is 117 Å². The summed E-state index contributed by atoms with van der Waals surface area (Å²) >= 11 is 6.22. The fourth-order valence-electron chi connectivity index (χ4n) is 9.67. The van der Waals surface area contributed by atoms with E-state index in [-0.39, 0.29) is 34.4 Å². The number of carbonyl (C=O) groups is 1. The number of amides is 1. The van der Waals surface area contributed by atoms with Crippen LogP contribution in [0.1, 0.15) is 61.9 Å². The first-order valence-electron chi connectivity index (χ1n) is 22.8. The second-order valence-corrected chi connectivity index (χ2v) is 20.5. The molecule has 67 heavy (non-hydrogen) atoms. The van der Waals surface area contributed by atoms with E-state index in [9.17, 15) is 23.3 Å². The number of carbonyl (C=O) groups excluding carboxylic acids is 1. The molecule has 3 aliphatic heterocycles. The average Bonchev–Trinajstić information content (AvgIpc) is 3.77. The lowest BCUT2D eigenvalue weighted by Crippen LogP contribution is -2.47. The summed E-state index contributed by atoms with van der Waals surface area (Å²) < 4.78 is 63.2. The number of rotatable bonds is 13. The maximum Gasteiger partial charge on any atom is 0.293 e. The van der Waals surface area contributed by atoms with E-state index in [1.165, 1.54) is 41.5 Å². The first kappa shape index (κ1) is 46.5. The van der Waals surface area contributed by atoms with E-state index in [0.717, 1.165) is 63.4 Å². The number of nitrogens with zero attached hydrogens (tertiary/aromatic N) is 4. The van der Waals surface area contributed by atoms with E-state index in [1.807, 2.05) is 12.1 Å². The van der Waals surface area contributed by atoms with Crippen LogP contribution in [0.15, 0.2) is 95.5 Å². The number of nitro benzene ring substituents is 1. The number of H-pyrrole nitrogens is 1. The first-order chi connectivity index (χ1) is 32.2. The minimum atomic E-state index is -4.65. The van der Waals surface area contributed by atoms with Gasteiger partial charge in [0.2, 0.25) is 0 Å². The maximum atomic E-state index is 15.5. The summed E-state index contributed by atoms with van der Waals surface area (Å²) in [7, 11) is -4.65. The summed E-state index contributed by atoms with van der Waals surface area (Å²) in [6, 6.07) is 21.2. The van der Waals surface area contributed by atoms with Crippen LogP contribution in [0.4, 0.5) is 21.5 Å². The first-order valence-corrected chi connectivity index (χ1v) is 24.6. The number of aromatic amines is 1. The normalized spacial score (nSPS) is 20.7. The molecule has 4 aromatic carbocycles. The molecule has 354 valence electrons. The van der Waals surface area contributed by atoms with Gasteiger partial charge in [-0.2, -0.15) is 0 Å². The van der Waals surface area contributed by atoms with E-state index in [4.69, 9.17) is 25.8 Å². The van der Waals surface area contributed by atoms with Crippen LogP contribution in [0.3, 0.4) is 0 Å². The molecule has 0 spiro atoms. The third-order valence-corrected chi connectivity index (χ3v) is 14.9. The van der Waals surface area contributed by atoms with Gasteiger partial charge in [0.25, 0.3) is 21.6 Å². The second kappa shape index (κ2) is 19.6. The Kier molecular flexibility index (Phi) is 13.6. The summed E-state index contributed by atoms with van der Waals surface area (Å²) in [5.74, 6) is -1.99. The molecule has 9 rings (SSSR count). The molecule has 5 aromatic rings. The van der Waals surface area contributed by atoms with Gasteiger partial charge in [0.15, 0.2) is 11.6 Å². The van der Waals surface area contributed by atoms with E-state index >= 15 is 4.39 Å². The van der Waals surface area contributed by atoms with E-state index in [2.05, 4.69) is 55.7 Å². The van der Waals surface area contributed by atoms with Gasteiger partial charge in [0.05, 0.1) is 40.8 Å². The third kappa shape index (κ3) is 10.8. The number of benzene rings is 4. The molecule has 3 fully saturated rings. The van der Waals surface area contributed by atoms with E-state index in [0.29, 0.717) is 73.7 Å². The summed E-state index contributed by atoms with van der Waals surface area (Å²) in [6.45, 7) is 11.3. The fourth-order valence-corrected chi connectivity index (χ4v) is 10.8. The zero-order valence-corrected chi connectivity index (χ0v) is 39.1. The van der Waals surface area contributed by atoms with Gasteiger partial charge < -0.3 is 29.4 Å².